The lowest BCUT2D eigenvalue weighted by Gasteiger charge is -2.01. The van der Waals surface area contributed by atoms with E-state index < -0.39 is 0 Å². The van der Waals surface area contributed by atoms with Crippen LogP contribution < -0.4 is 5.32 Å². The number of nitrogens with zero attached hydrogens (tertiary/aromatic N) is 1. The van der Waals surface area contributed by atoms with E-state index in [1.807, 2.05) is 0 Å². The van der Waals surface area contributed by atoms with Gasteiger partial charge in [-0.1, -0.05) is 58.3 Å². The van der Waals surface area contributed by atoms with Crippen molar-refractivity contribution in [3.63, 3.8) is 0 Å². The van der Waals surface area contributed by atoms with Crippen LogP contribution in [0.15, 0.2) is 0 Å². The highest BCUT2D eigenvalue weighted by Gasteiger charge is 1.98. The summed E-state index contributed by atoms with van der Waals surface area (Å²) in [6.45, 7) is 2.23. The van der Waals surface area contributed by atoms with Gasteiger partial charge in [-0.25, -0.2) is 0 Å². The fraction of sp³-hybridized carbons (Fsp3) is 0.846. The van der Waals surface area contributed by atoms with Crippen molar-refractivity contribution in [3.8, 4) is 6.19 Å². The molecule has 0 aliphatic carbocycles. The van der Waals surface area contributed by atoms with E-state index in [0.717, 1.165) is 12.8 Å². The van der Waals surface area contributed by atoms with Crippen molar-refractivity contribution in [1.82, 2.24) is 5.32 Å². The lowest BCUT2D eigenvalue weighted by Crippen LogP contribution is -2.16. The molecule has 1 amide bonds. The van der Waals surface area contributed by atoms with E-state index in [1.165, 1.54) is 44.9 Å². The lowest BCUT2D eigenvalue weighted by atomic mass is 10.1. The van der Waals surface area contributed by atoms with Gasteiger partial charge in [-0.15, -0.1) is 0 Å². The molecule has 0 saturated heterocycles. The Bertz CT molecular complexity index is 208. The van der Waals surface area contributed by atoms with Crippen LogP contribution in [0.1, 0.15) is 71.1 Å². The van der Waals surface area contributed by atoms with Crippen molar-refractivity contribution < 1.29 is 4.79 Å². The Balaban J connectivity index is 3.04. The Hall–Kier alpha value is -1.04. The summed E-state index contributed by atoms with van der Waals surface area (Å²) in [7, 11) is 0. The predicted octanol–water partition coefficient (Wildman–Crippen LogP) is 3.50. The zero-order valence-electron chi connectivity index (χ0n) is 10.4. The first-order valence-electron chi connectivity index (χ1n) is 6.49. The van der Waals surface area contributed by atoms with E-state index in [9.17, 15) is 4.79 Å². The quantitative estimate of drug-likeness (QED) is 0.351. The van der Waals surface area contributed by atoms with Crippen LogP contribution in [-0.4, -0.2) is 5.91 Å². The van der Waals surface area contributed by atoms with Crippen LogP contribution in [0.4, 0.5) is 0 Å². The van der Waals surface area contributed by atoms with Gasteiger partial charge in [-0.2, -0.15) is 5.26 Å². The van der Waals surface area contributed by atoms with E-state index >= 15 is 0 Å². The van der Waals surface area contributed by atoms with Crippen molar-refractivity contribution in [2.45, 2.75) is 71.1 Å². The Kier molecular flexibility index (Phi) is 11.2. The summed E-state index contributed by atoms with van der Waals surface area (Å²) in [5.74, 6) is -0.148. The zero-order chi connectivity index (χ0) is 12.1. The molecule has 0 aromatic carbocycles. The molecular formula is C13H24N2O. The molecule has 0 rings (SSSR count). The number of carbonyl (C=O) groups excluding carboxylic acids is 1. The zero-order valence-corrected chi connectivity index (χ0v) is 10.4. The molecule has 0 saturated carbocycles. The second-order valence-corrected chi connectivity index (χ2v) is 4.24. The third-order valence-corrected chi connectivity index (χ3v) is 2.70. The van der Waals surface area contributed by atoms with Crippen LogP contribution >= 0.6 is 0 Å². The summed E-state index contributed by atoms with van der Waals surface area (Å²) in [5, 5.41) is 10.3. The van der Waals surface area contributed by atoms with Gasteiger partial charge in [-0.3, -0.25) is 10.1 Å². The van der Waals surface area contributed by atoms with Gasteiger partial charge in [0.2, 0.25) is 5.91 Å². The van der Waals surface area contributed by atoms with Crippen LogP contribution in [-0.2, 0) is 4.79 Å². The molecule has 0 aromatic heterocycles. The molecule has 3 heteroatoms. The van der Waals surface area contributed by atoms with E-state index in [-0.39, 0.29) is 5.91 Å². The van der Waals surface area contributed by atoms with Crippen LogP contribution in [0.5, 0.6) is 0 Å². The molecule has 3 nitrogen and oxygen atoms in total. The average molecular weight is 224 g/mol. The number of amides is 1. The standard InChI is InChI=1S/C13H24N2O/c1-2-3-4-5-6-7-8-9-10-11-13(16)15-12-14/h2-11H2,1H3,(H,15,16). The number of rotatable bonds is 10. The topological polar surface area (TPSA) is 52.9 Å². The fourth-order valence-corrected chi connectivity index (χ4v) is 1.72. The van der Waals surface area contributed by atoms with Crippen LogP contribution in [0.3, 0.4) is 0 Å². The van der Waals surface area contributed by atoms with E-state index in [0.29, 0.717) is 6.42 Å². The highest BCUT2D eigenvalue weighted by Crippen LogP contribution is 2.10. The second kappa shape index (κ2) is 12.0. The van der Waals surface area contributed by atoms with Crippen molar-refractivity contribution in [1.29, 1.82) is 5.26 Å². The number of unbranched alkanes of at least 4 members (excludes halogenated alkanes) is 8. The Morgan fingerprint density at radius 2 is 1.50 bits per heavy atom. The summed E-state index contributed by atoms with van der Waals surface area (Å²) in [6.07, 6.45) is 13.3. The number of hydrogen-bond acceptors (Lipinski definition) is 2. The monoisotopic (exact) mass is 224 g/mol. The summed E-state index contributed by atoms with van der Waals surface area (Å²) >= 11 is 0. The molecule has 0 bridgehead atoms. The molecule has 0 radical (unpaired) electrons. The van der Waals surface area contributed by atoms with Gasteiger partial charge >= 0.3 is 0 Å². The van der Waals surface area contributed by atoms with Crippen molar-refractivity contribution >= 4 is 5.91 Å². The number of carbonyl (C=O) groups is 1. The Morgan fingerprint density at radius 3 is 2.00 bits per heavy atom. The molecule has 92 valence electrons. The van der Waals surface area contributed by atoms with E-state index in [1.54, 1.807) is 6.19 Å². The molecule has 0 fully saturated rings. The minimum Gasteiger partial charge on any atom is -0.274 e. The molecule has 0 unspecified atom stereocenters. The van der Waals surface area contributed by atoms with Crippen LogP contribution in [0.25, 0.3) is 0 Å². The van der Waals surface area contributed by atoms with Gasteiger partial charge in [0.15, 0.2) is 6.19 Å². The first kappa shape index (κ1) is 15.0. The van der Waals surface area contributed by atoms with Crippen molar-refractivity contribution in [2.75, 3.05) is 0 Å². The summed E-state index contributed by atoms with van der Waals surface area (Å²) in [5.41, 5.74) is 0. The Labute approximate surface area is 99.2 Å². The fourth-order valence-electron chi connectivity index (χ4n) is 1.72. The second-order valence-electron chi connectivity index (χ2n) is 4.24. The van der Waals surface area contributed by atoms with Crippen molar-refractivity contribution in [3.05, 3.63) is 0 Å². The highest BCUT2D eigenvalue weighted by molar-refractivity contribution is 5.77. The lowest BCUT2D eigenvalue weighted by molar-refractivity contribution is -0.120. The highest BCUT2D eigenvalue weighted by atomic mass is 16.1. The summed E-state index contributed by atoms with van der Waals surface area (Å²) < 4.78 is 0. The van der Waals surface area contributed by atoms with Gasteiger partial charge in [0.25, 0.3) is 0 Å². The maximum Gasteiger partial charge on any atom is 0.232 e. The largest absolute Gasteiger partial charge is 0.274 e. The molecule has 1 N–H and O–H groups in total. The van der Waals surface area contributed by atoms with E-state index in [2.05, 4.69) is 12.2 Å². The molecule has 0 atom stereocenters. The van der Waals surface area contributed by atoms with Crippen LogP contribution in [0.2, 0.25) is 0 Å². The molecule has 0 aromatic rings. The minimum atomic E-state index is -0.148. The molecule has 0 aliphatic rings. The van der Waals surface area contributed by atoms with E-state index in [4.69, 9.17) is 5.26 Å². The molecule has 0 spiro atoms. The number of hydrogen-bond donors (Lipinski definition) is 1. The predicted molar refractivity (Wildman–Crippen MR) is 65.6 cm³/mol. The number of nitriles is 1. The molecule has 16 heavy (non-hydrogen) atoms. The van der Waals surface area contributed by atoms with Crippen molar-refractivity contribution in [2.24, 2.45) is 0 Å². The van der Waals surface area contributed by atoms with Gasteiger partial charge in [0, 0.05) is 6.42 Å². The first-order chi connectivity index (χ1) is 7.81. The van der Waals surface area contributed by atoms with Gasteiger partial charge in [-0.05, 0) is 6.42 Å². The maximum absolute atomic E-state index is 10.9. The summed E-state index contributed by atoms with van der Waals surface area (Å²) in [4.78, 5) is 10.9. The molecular weight excluding hydrogens is 200 g/mol. The summed E-state index contributed by atoms with van der Waals surface area (Å²) in [6, 6.07) is 0. The third-order valence-electron chi connectivity index (χ3n) is 2.70. The minimum absolute atomic E-state index is 0.148. The third kappa shape index (κ3) is 11.0. The SMILES string of the molecule is CCCCCCCCCCCC(=O)NC#N. The first-order valence-corrected chi connectivity index (χ1v) is 6.49. The normalized spacial score (nSPS) is 9.75. The van der Waals surface area contributed by atoms with Gasteiger partial charge in [0.1, 0.15) is 0 Å². The maximum atomic E-state index is 10.9. The van der Waals surface area contributed by atoms with Gasteiger partial charge < -0.3 is 0 Å². The average Bonchev–Trinajstić information content (AvgIpc) is 2.27. The molecule has 0 aliphatic heterocycles. The van der Waals surface area contributed by atoms with Crippen LogP contribution in [0, 0.1) is 11.5 Å². The van der Waals surface area contributed by atoms with Gasteiger partial charge in [0.05, 0.1) is 0 Å². The molecule has 0 heterocycles. The number of nitrogens with one attached hydrogen (secondary N) is 1. The Morgan fingerprint density at radius 1 is 1.00 bits per heavy atom. The smallest absolute Gasteiger partial charge is 0.232 e.